The highest BCUT2D eigenvalue weighted by atomic mass is 79.9. The number of halogens is 3. The van der Waals surface area contributed by atoms with Gasteiger partial charge >= 0.3 is 0 Å². The fourth-order valence-corrected chi connectivity index (χ4v) is 2.31. The lowest BCUT2D eigenvalue weighted by Gasteiger charge is -2.08. The molecule has 1 aromatic rings. The van der Waals surface area contributed by atoms with Crippen LogP contribution >= 0.6 is 27.7 Å². The van der Waals surface area contributed by atoms with Gasteiger partial charge in [-0.15, -0.1) is 0 Å². The average molecular weight is 324 g/mol. The minimum absolute atomic E-state index is 0.101. The maximum atomic E-state index is 13.6. The zero-order valence-electron chi connectivity index (χ0n) is 9.73. The van der Waals surface area contributed by atoms with E-state index in [0.29, 0.717) is 4.47 Å². The number of nitrogens with one attached hydrogen (secondary N) is 1. The zero-order valence-corrected chi connectivity index (χ0v) is 12.1. The molecule has 1 N–H and O–H groups in total. The molecule has 0 bridgehead atoms. The second kappa shape index (κ2) is 8.06. The van der Waals surface area contributed by atoms with Gasteiger partial charge in [0.2, 0.25) is 0 Å². The highest BCUT2D eigenvalue weighted by Gasteiger charge is 2.11. The quantitative estimate of drug-likeness (QED) is 0.602. The summed E-state index contributed by atoms with van der Waals surface area (Å²) in [5.74, 6) is 0.116. The fraction of sp³-hybridized carbons (Fsp3) is 0.500. The van der Waals surface area contributed by atoms with Gasteiger partial charge in [0, 0.05) is 12.1 Å². The fourth-order valence-electron chi connectivity index (χ4n) is 1.44. The third kappa shape index (κ3) is 4.94. The SMILES string of the molecule is CSCCCCNCc1c(F)ccc(Br)c1F. The highest BCUT2D eigenvalue weighted by Crippen LogP contribution is 2.21. The van der Waals surface area contributed by atoms with Crippen molar-refractivity contribution >= 4 is 27.7 Å². The Morgan fingerprint density at radius 2 is 2.06 bits per heavy atom. The lowest BCUT2D eigenvalue weighted by Crippen LogP contribution is -2.17. The first-order valence-corrected chi connectivity index (χ1v) is 7.67. The maximum absolute atomic E-state index is 13.6. The van der Waals surface area contributed by atoms with Crippen molar-refractivity contribution in [2.45, 2.75) is 19.4 Å². The van der Waals surface area contributed by atoms with Crippen molar-refractivity contribution in [2.75, 3.05) is 18.6 Å². The van der Waals surface area contributed by atoms with Gasteiger partial charge in [-0.1, -0.05) is 0 Å². The number of hydrogen-bond acceptors (Lipinski definition) is 2. The van der Waals surface area contributed by atoms with Crippen molar-refractivity contribution in [3.63, 3.8) is 0 Å². The van der Waals surface area contributed by atoms with Crippen LogP contribution in [0.5, 0.6) is 0 Å². The van der Waals surface area contributed by atoms with Crippen LogP contribution in [0.4, 0.5) is 8.78 Å². The third-order valence-electron chi connectivity index (χ3n) is 2.39. The Labute approximate surface area is 113 Å². The van der Waals surface area contributed by atoms with E-state index in [9.17, 15) is 8.78 Å². The van der Waals surface area contributed by atoms with E-state index in [1.165, 1.54) is 12.1 Å². The summed E-state index contributed by atoms with van der Waals surface area (Å²) < 4.78 is 27.2. The molecule has 0 heterocycles. The smallest absolute Gasteiger partial charge is 0.144 e. The lowest BCUT2D eigenvalue weighted by molar-refractivity contribution is 0.528. The molecular weight excluding hydrogens is 308 g/mol. The van der Waals surface area contributed by atoms with E-state index >= 15 is 0 Å². The maximum Gasteiger partial charge on any atom is 0.144 e. The monoisotopic (exact) mass is 323 g/mol. The molecule has 0 fully saturated rings. The van der Waals surface area contributed by atoms with Crippen LogP contribution < -0.4 is 5.32 Å². The van der Waals surface area contributed by atoms with E-state index < -0.39 is 11.6 Å². The standard InChI is InChI=1S/C12H16BrF2NS/c1-17-7-3-2-6-16-8-9-11(14)5-4-10(13)12(9)15/h4-5,16H,2-3,6-8H2,1H3. The van der Waals surface area contributed by atoms with Gasteiger partial charge in [-0.2, -0.15) is 11.8 Å². The molecule has 96 valence electrons. The van der Waals surface area contributed by atoms with Gasteiger partial charge in [0.05, 0.1) is 4.47 Å². The Balaban J connectivity index is 2.39. The summed E-state index contributed by atoms with van der Waals surface area (Å²) in [6.45, 7) is 1.02. The summed E-state index contributed by atoms with van der Waals surface area (Å²) in [5, 5.41) is 3.06. The minimum Gasteiger partial charge on any atom is -0.312 e. The van der Waals surface area contributed by atoms with E-state index in [-0.39, 0.29) is 12.1 Å². The van der Waals surface area contributed by atoms with Crippen LogP contribution in [0, 0.1) is 11.6 Å². The van der Waals surface area contributed by atoms with Crippen LogP contribution in [-0.2, 0) is 6.54 Å². The first-order valence-electron chi connectivity index (χ1n) is 5.49. The second-order valence-corrected chi connectivity index (χ2v) is 5.54. The Morgan fingerprint density at radius 1 is 1.29 bits per heavy atom. The molecule has 0 aromatic heterocycles. The molecule has 5 heteroatoms. The van der Waals surface area contributed by atoms with Crippen molar-refractivity contribution < 1.29 is 8.78 Å². The summed E-state index contributed by atoms with van der Waals surface area (Å²) in [7, 11) is 0. The summed E-state index contributed by atoms with van der Waals surface area (Å²) in [5.41, 5.74) is 0.101. The van der Waals surface area contributed by atoms with Crippen molar-refractivity contribution in [1.29, 1.82) is 0 Å². The van der Waals surface area contributed by atoms with E-state index in [2.05, 4.69) is 27.5 Å². The summed E-state index contributed by atoms with van der Waals surface area (Å²) in [6.07, 6.45) is 4.22. The predicted octanol–water partition coefficient (Wildman–Crippen LogP) is 3.96. The first-order chi connectivity index (χ1) is 8.16. The largest absolute Gasteiger partial charge is 0.312 e. The van der Waals surface area contributed by atoms with Crippen molar-refractivity contribution in [3.05, 3.63) is 33.8 Å². The summed E-state index contributed by atoms with van der Waals surface area (Å²) in [6, 6.07) is 2.66. The number of thioether (sulfide) groups is 1. The van der Waals surface area contributed by atoms with Crippen LogP contribution in [-0.4, -0.2) is 18.6 Å². The Bertz CT molecular complexity index is 361. The first kappa shape index (κ1) is 14.9. The molecule has 1 nitrogen and oxygen atoms in total. The molecule has 1 aromatic carbocycles. The molecule has 0 aliphatic heterocycles. The van der Waals surface area contributed by atoms with Crippen LogP contribution in [0.1, 0.15) is 18.4 Å². The van der Waals surface area contributed by atoms with E-state index in [4.69, 9.17) is 0 Å². The molecule has 0 amide bonds. The topological polar surface area (TPSA) is 12.0 Å². The van der Waals surface area contributed by atoms with Crippen molar-refractivity contribution in [2.24, 2.45) is 0 Å². The van der Waals surface area contributed by atoms with Crippen molar-refractivity contribution in [1.82, 2.24) is 5.32 Å². The van der Waals surface area contributed by atoms with Crippen LogP contribution in [0.2, 0.25) is 0 Å². The molecule has 17 heavy (non-hydrogen) atoms. The molecule has 0 saturated heterocycles. The van der Waals surface area contributed by atoms with E-state index in [1.54, 1.807) is 0 Å². The van der Waals surface area contributed by atoms with Crippen molar-refractivity contribution in [3.8, 4) is 0 Å². The molecular formula is C12H16BrF2NS. The average Bonchev–Trinajstić information content (AvgIpc) is 2.32. The minimum atomic E-state index is -0.512. The third-order valence-corrected chi connectivity index (χ3v) is 3.70. The molecule has 0 saturated carbocycles. The molecule has 0 radical (unpaired) electrons. The number of rotatable bonds is 7. The molecule has 0 unspecified atom stereocenters. The Morgan fingerprint density at radius 3 is 2.76 bits per heavy atom. The van der Waals surface area contributed by atoms with E-state index in [1.807, 2.05) is 11.8 Å². The molecule has 0 aliphatic rings. The summed E-state index contributed by atoms with van der Waals surface area (Å²) in [4.78, 5) is 0. The Kier molecular flexibility index (Phi) is 7.08. The van der Waals surface area contributed by atoms with Crippen LogP contribution in [0.25, 0.3) is 0 Å². The summed E-state index contributed by atoms with van der Waals surface area (Å²) >= 11 is 4.86. The number of hydrogen-bond donors (Lipinski definition) is 1. The molecule has 0 aliphatic carbocycles. The zero-order chi connectivity index (χ0) is 12.7. The van der Waals surface area contributed by atoms with Gasteiger partial charge in [-0.3, -0.25) is 0 Å². The van der Waals surface area contributed by atoms with Gasteiger partial charge in [0.1, 0.15) is 11.6 Å². The van der Waals surface area contributed by atoms with Crippen LogP contribution in [0.15, 0.2) is 16.6 Å². The predicted molar refractivity (Wildman–Crippen MR) is 73.4 cm³/mol. The molecule has 0 spiro atoms. The van der Waals surface area contributed by atoms with Gasteiger partial charge in [0.15, 0.2) is 0 Å². The van der Waals surface area contributed by atoms with Crippen LogP contribution in [0.3, 0.4) is 0 Å². The van der Waals surface area contributed by atoms with E-state index in [0.717, 1.165) is 25.1 Å². The lowest BCUT2D eigenvalue weighted by atomic mass is 10.2. The van der Waals surface area contributed by atoms with Gasteiger partial charge in [-0.05, 0) is 59.5 Å². The highest BCUT2D eigenvalue weighted by molar-refractivity contribution is 9.10. The molecule has 0 atom stereocenters. The molecule has 1 rings (SSSR count). The van der Waals surface area contributed by atoms with Gasteiger partial charge in [0.25, 0.3) is 0 Å². The number of unbranched alkanes of at least 4 members (excludes halogenated alkanes) is 1. The Hall–Kier alpha value is -0.130. The van der Waals surface area contributed by atoms with Gasteiger partial charge in [-0.25, -0.2) is 8.78 Å². The van der Waals surface area contributed by atoms with Gasteiger partial charge < -0.3 is 5.32 Å². The number of benzene rings is 1. The normalized spacial score (nSPS) is 10.8. The second-order valence-electron chi connectivity index (χ2n) is 3.70.